The van der Waals surface area contributed by atoms with Crippen LogP contribution in [0.4, 0.5) is 0 Å². The lowest BCUT2D eigenvalue weighted by molar-refractivity contribution is 0.0106. The molecule has 1 aliphatic heterocycles. The number of ether oxygens (including phenoxy) is 3. The van der Waals surface area contributed by atoms with Crippen molar-refractivity contribution >= 4 is 39.1 Å². The Kier molecular flexibility index (Phi) is 11.0. The van der Waals surface area contributed by atoms with Crippen LogP contribution < -0.4 is 10.1 Å². The molecule has 1 N–H and O–H groups in total. The number of hydrogen-bond donors (Lipinski definition) is 1. The van der Waals surface area contributed by atoms with Crippen molar-refractivity contribution < 1.29 is 14.2 Å². The van der Waals surface area contributed by atoms with E-state index in [0.717, 1.165) is 41.7 Å². The van der Waals surface area contributed by atoms with Crippen LogP contribution in [0.5, 0.6) is 5.75 Å². The van der Waals surface area contributed by atoms with E-state index in [1.807, 2.05) is 18.2 Å². The summed E-state index contributed by atoms with van der Waals surface area (Å²) in [4.78, 5) is 0. The minimum atomic E-state index is 0. The average molecular weight is 597 g/mol. The molecule has 2 atom stereocenters. The third-order valence-electron chi connectivity index (χ3n) is 6.93. The summed E-state index contributed by atoms with van der Waals surface area (Å²) in [6.07, 6.45) is 2.07. The first kappa shape index (κ1) is 28.6. The van der Waals surface area contributed by atoms with Gasteiger partial charge in [0.1, 0.15) is 5.75 Å². The fraction of sp³-hybridized carbons (Fsp3) is 0.312. The molecule has 4 aromatic carbocycles. The molecule has 1 heterocycles. The van der Waals surface area contributed by atoms with Crippen LogP contribution >= 0.6 is 28.3 Å². The summed E-state index contributed by atoms with van der Waals surface area (Å²) in [5, 5.41) is 6.03. The van der Waals surface area contributed by atoms with Gasteiger partial charge in [-0.25, -0.2) is 0 Å². The summed E-state index contributed by atoms with van der Waals surface area (Å²) in [6, 6.07) is 31.8. The zero-order valence-corrected chi connectivity index (χ0v) is 23.9. The third-order valence-corrected chi connectivity index (χ3v) is 7.70. The highest BCUT2D eigenvalue weighted by Gasteiger charge is 2.27. The molecule has 5 rings (SSSR count). The van der Waals surface area contributed by atoms with Crippen molar-refractivity contribution in [1.29, 1.82) is 0 Å². The molecule has 0 bridgehead atoms. The summed E-state index contributed by atoms with van der Waals surface area (Å²) in [5.74, 6) is 1.28. The Balaban J connectivity index is 0.00000336. The quantitative estimate of drug-likeness (QED) is 0.180. The normalized spacial score (nSPS) is 17.2. The summed E-state index contributed by atoms with van der Waals surface area (Å²) in [5.41, 5.74) is 3.69. The Labute approximate surface area is 240 Å². The second kappa shape index (κ2) is 14.7. The van der Waals surface area contributed by atoms with Gasteiger partial charge in [0.05, 0.1) is 32.5 Å². The first-order valence-electron chi connectivity index (χ1n) is 13.1. The molecule has 2 unspecified atom stereocenters. The van der Waals surface area contributed by atoms with E-state index >= 15 is 0 Å². The summed E-state index contributed by atoms with van der Waals surface area (Å²) in [6.45, 7) is 4.42. The van der Waals surface area contributed by atoms with Gasteiger partial charge in [-0.3, -0.25) is 0 Å². The monoisotopic (exact) mass is 595 g/mol. The number of rotatable bonds is 11. The molecule has 0 amide bonds. The lowest BCUT2D eigenvalue weighted by Crippen LogP contribution is -2.40. The van der Waals surface area contributed by atoms with Gasteiger partial charge < -0.3 is 19.5 Å². The molecule has 200 valence electrons. The Morgan fingerprint density at radius 3 is 2.45 bits per heavy atom. The second-order valence-corrected chi connectivity index (χ2v) is 10.4. The van der Waals surface area contributed by atoms with E-state index < -0.39 is 0 Å². The summed E-state index contributed by atoms with van der Waals surface area (Å²) >= 11 is 3.56. The van der Waals surface area contributed by atoms with Gasteiger partial charge >= 0.3 is 0 Å². The number of fused-ring (bicyclic) bond motifs is 1. The molecular weight excluding hydrogens is 562 g/mol. The van der Waals surface area contributed by atoms with Gasteiger partial charge in [0.15, 0.2) is 0 Å². The number of benzene rings is 4. The first-order chi connectivity index (χ1) is 18.3. The van der Waals surface area contributed by atoms with Gasteiger partial charge in [0.25, 0.3) is 0 Å². The Morgan fingerprint density at radius 2 is 1.61 bits per heavy atom. The number of piperidine rings is 1. The maximum Gasteiger partial charge on any atom is 0.119 e. The minimum Gasteiger partial charge on any atom is -0.494 e. The molecule has 0 saturated carbocycles. The molecule has 0 radical (unpaired) electrons. The van der Waals surface area contributed by atoms with E-state index in [1.165, 1.54) is 21.9 Å². The van der Waals surface area contributed by atoms with E-state index in [9.17, 15) is 0 Å². The molecule has 6 heteroatoms. The predicted octanol–water partition coefficient (Wildman–Crippen LogP) is 7.67. The van der Waals surface area contributed by atoms with Crippen LogP contribution in [0, 0.1) is 0 Å². The van der Waals surface area contributed by atoms with Crippen LogP contribution in [-0.4, -0.2) is 32.4 Å². The largest absolute Gasteiger partial charge is 0.494 e. The first-order valence-corrected chi connectivity index (χ1v) is 13.9. The fourth-order valence-electron chi connectivity index (χ4n) is 4.88. The predicted molar refractivity (Wildman–Crippen MR) is 160 cm³/mol. The maximum absolute atomic E-state index is 6.45. The van der Waals surface area contributed by atoms with Crippen LogP contribution in [0.25, 0.3) is 10.8 Å². The molecule has 38 heavy (non-hydrogen) atoms. The van der Waals surface area contributed by atoms with Crippen molar-refractivity contribution in [3.63, 3.8) is 0 Å². The van der Waals surface area contributed by atoms with Crippen molar-refractivity contribution in [2.24, 2.45) is 0 Å². The zero-order valence-electron chi connectivity index (χ0n) is 21.5. The highest BCUT2D eigenvalue weighted by Crippen LogP contribution is 2.30. The Bertz CT molecular complexity index is 1280. The van der Waals surface area contributed by atoms with E-state index in [2.05, 4.69) is 94.0 Å². The summed E-state index contributed by atoms with van der Waals surface area (Å²) < 4.78 is 19.3. The number of nitrogens with one attached hydrogen (secondary N) is 1. The zero-order chi connectivity index (χ0) is 25.3. The molecule has 4 nitrogen and oxygen atoms in total. The van der Waals surface area contributed by atoms with Crippen molar-refractivity contribution in [2.45, 2.75) is 38.1 Å². The molecule has 1 fully saturated rings. The highest BCUT2D eigenvalue weighted by molar-refractivity contribution is 9.10. The van der Waals surface area contributed by atoms with Gasteiger partial charge in [-0.05, 0) is 64.7 Å². The highest BCUT2D eigenvalue weighted by atomic mass is 79.9. The van der Waals surface area contributed by atoms with Crippen LogP contribution in [0.1, 0.15) is 35.4 Å². The van der Waals surface area contributed by atoms with Gasteiger partial charge in [-0.15, -0.1) is 12.4 Å². The molecular formula is C32H35BrClNO3. The van der Waals surface area contributed by atoms with E-state index in [-0.39, 0.29) is 18.5 Å². The average Bonchev–Trinajstić information content (AvgIpc) is 2.95. The van der Waals surface area contributed by atoms with Gasteiger partial charge in [0, 0.05) is 23.4 Å². The lowest BCUT2D eigenvalue weighted by Gasteiger charge is -2.32. The fourth-order valence-corrected chi connectivity index (χ4v) is 5.28. The molecule has 0 aliphatic carbocycles. The number of hydrogen-bond acceptors (Lipinski definition) is 4. The van der Waals surface area contributed by atoms with Crippen molar-refractivity contribution in [3.8, 4) is 5.75 Å². The van der Waals surface area contributed by atoms with Crippen molar-refractivity contribution in [3.05, 3.63) is 112 Å². The van der Waals surface area contributed by atoms with E-state index in [1.54, 1.807) is 0 Å². The van der Waals surface area contributed by atoms with Crippen molar-refractivity contribution in [2.75, 3.05) is 26.3 Å². The number of halogens is 2. The van der Waals surface area contributed by atoms with Crippen LogP contribution in [0.15, 0.2) is 95.5 Å². The smallest absolute Gasteiger partial charge is 0.119 e. The third kappa shape index (κ3) is 7.81. The Hall–Kier alpha value is -2.41. The summed E-state index contributed by atoms with van der Waals surface area (Å²) in [7, 11) is 0. The SMILES string of the molecule is Brc1ccccc1COCCCOc1ccc(C2CCNCC2OCc2ccc3ccccc3c2)cc1.Cl. The second-order valence-electron chi connectivity index (χ2n) is 9.55. The van der Waals surface area contributed by atoms with Crippen LogP contribution in [0.3, 0.4) is 0 Å². The molecule has 1 aliphatic rings. The molecule has 0 spiro atoms. The van der Waals surface area contributed by atoms with Crippen molar-refractivity contribution in [1.82, 2.24) is 5.32 Å². The van der Waals surface area contributed by atoms with Gasteiger partial charge in [-0.1, -0.05) is 82.7 Å². The maximum atomic E-state index is 6.45. The Morgan fingerprint density at radius 1 is 0.816 bits per heavy atom. The lowest BCUT2D eigenvalue weighted by atomic mass is 9.87. The van der Waals surface area contributed by atoms with Gasteiger partial charge in [0.2, 0.25) is 0 Å². The van der Waals surface area contributed by atoms with E-state index in [4.69, 9.17) is 14.2 Å². The standard InChI is InChI=1S/C32H34BrNO3.ClH/c33-31-9-4-3-8-28(31)23-35-18-5-19-36-29-14-12-26(13-15-29)30-16-17-34-21-32(30)37-22-24-10-11-25-6-1-2-7-27(25)20-24;/h1-4,6-15,20,30,32,34H,5,16-19,21-23H2;1H. The topological polar surface area (TPSA) is 39.7 Å². The van der Waals surface area contributed by atoms with Gasteiger partial charge in [-0.2, -0.15) is 0 Å². The minimum absolute atomic E-state index is 0. The molecule has 1 saturated heterocycles. The molecule has 4 aromatic rings. The van der Waals surface area contributed by atoms with E-state index in [0.29, 0.717) is 32.3 Å². The van der Waals surface area contributed by atoms with Crippen LogP contribution in [0.2, 0.25) is 0 Å². The molecule has 0 aromatic heterocycles. The van der Waals surface area contributed by atoms with Crippen LogP contribution in [-0.2, 0) is 22.7 Å².